The van der Waals surface area contributed by atoms with E-state index in [2.05, 4.69) is 9.71 Å². The number of sulfonamides is 1. The molecule has 1 heterocycles. The number of benzene rings is 1. The van der Waals surface area contributed by atoms with E-state index in [9.17, 15) is 21.6 Å². The second kappa shape index (κ2) is 6.18. The molecule has 4 nitrogen and oxygen atoms in total. The van der Waals surface area contributed by atoms with Gasteiger partial charge in [0.2, 0.25) is 10.0 Å². The highest BCUT2D eigenvalue weighted by atomic mass is 32.2. The molecule has 0 amide bonds. The molecule has 0 radical (unpaired) electrons. The third-order valence-electron chi connectivity index (χ3n) is 2.99. The van der Waals surface area contributed by atoms with Gasteiger partial charge in [0.25, 0.3) is 0 Å². The third kappa shape index (κ3) is 4.55. The van der Waals surface area contributed by atoms with Crippen molar-refractivity contribution in [1.29, 1.82) is 0 Å². The van der Waals surface area contributed by atoms with Gasteiger partial charge in [-0.2, -0.15) is 13.2 Å². The van der Waals surface area contributed by atoms with Crippen molar-refractivity contribution in [2.75, 3.05) is 0 Å². The summed E-state index contributed by atoms with van der Waals surface area (Å²) in [5.74, 6) is 0. The maximum Gasteiger partial charge on any atom is 0.417 e. The molecule has 2 aromatic rings. The van der Waals surface area contributed by atoms with E-state index in [1.807, 2.05) is 0 Å². The minimum absolute atomic E-state index is 0.0769. The molecule has 0 atom stereocenters. The Morgan fingerprint density at radius 3 is 1.96 bits per heavy atom. The molecule has 0 aliphatic heterocycles. The minimum atomic E-state index is -4.44. The van der Waals surface area contributed by atoms with Crippen LogP contribution in [0.3, 0.4) is 0 Å². The Balaban J connectivity index is 2.27. The van der Waals surface area contributed by atoms with Crippen molar-refractivity contribution in [3.8, 4) is 11.3 Å². The molecule has 1 aromatic heterocycles. The number of nitrogens with one attached hydrogen (secondary N) is 1. The molecule has 0 saturated carbocycles. The first-order chi connectivity index (χ1) is 10.9. The molecule has 0 bridgehead atoms. The zero-order valence-corrected chi connectivity index (χ0v) is 14.2. The summed E-state index contributed by atoms with van der Waals surface area (Å²) in [6.45, 7) is 5.18. The van der Waals surface area contributed by atoms with E-state index >= 15 is 0 Å². The summed E-state index contributed by atoms with van der Waals surface area (Å²) in [5, 5.41) is 0. The molecule has 2 rings (SSSR count). The van der Waals surface area contributed by atoms with Crippen LogP contribution in [0.15, 0.2) is 47.5 Å². The van der Waals surface area contributed by atoms with E-state index in [1.54, 1.807) is 20.8 Å². The van der Waals surface area contributed by atoms with Gasteiger partial charge in [-0.25, -0.2) is 13.1 Å². The maximum atomic E-state index is 12.5. The largest absolute Gasteiger partial charge is 0.417 e. The summed E-state index contributed by atoms with van der Waals surface area (Å²) in [4.78, 5) is 3.86. The van der Waals surface area contributed by atoms with Gasteiger partial charge in [-0.1, -0.05) is 12.1 Å². The Kier molecular flexibility index (Phi) is 4.74. The molecule has 8 heteroatoms. The summed E-state index contributed by atoms with van der Waals surface area (Å²) in [6, 6.07) is 7.99. The number of hydrogen-bond acceptors (Lipinski definition) is 3. The van der Waals surface area contributed by atoms with Crippen molar-refractivity contribution in [3.63, 3.8) is 0 Å². The van der Waals surface area contributed by atoms with Gasteiger partial charge >= 0.3 is 6.18 Å². The highest BCUT2D eigenvalue weighted by Crippen LogP contribution is 2.30. The highest BCUT2D eigenvalue weighted by molar-refractivity contribution is 7.89. The Morgan fingerprint density at radius 2 is 1.54 bits per heavy atom. The van der Waals surface area contributed by atoms with Crippen LogP contribution in [0.25, 0.3) is 11.3 Å². The molecular weight excluding hydrogens is 341 g/mol. The van der Waals surface area contributed by atoms with Gasteiger partial charge in [0.1, 0.15) is 0 Å². The van der Waals surface area contributed by atoms with Gasteiger partial charge in [-0.3, -0.25) is 4.98 Å². The average Bonchev–Trinajstić information content (AvgIpc) is 2.44. The van der Waals surface area contributed by atoms with Crippen molar-refractivity contribution < 1.29 is 21.6 Å². The van der Waals surface area contributed by atoms with Crippen LogP contribution in [0, 0.1) is 0 Å². The molecule has 1 N–H and O–H groups in total. The Bertz CT molecular complexity index is 806. The molecule has 0 spiro atoms. The predicted octanol–water partition coefficient (Wildman–Crippen LogP) is 3.84. The van der Waals surface area contributed by atoms with Crippen LogP contribution in [-0.4, -0.2) is 18.9 Å². The average molecular weight is 358 g/mol. The number of rotatable bonds is 3. The normalized spacial score (nSPS) is 13.1. The van der Waals surface area contributed by atoms with Crippen molar-refractivity contribution in [1.82, 2.24) is 9.71 Å². The molecule has 0 aliphatic rings. The van der Waals surface area contributed by atoms with Gasteiger partial charge in [0.15, 0.2) is 0 Å². The molecular formula is C16H17F3N2O2S. The lowest BCUT2D eigenvalue weighted by Gasteiger charge is -2.20. The van der Waals surface area contributed by atoms with Crippen molar-refractivity contribution in [3.05, 3.63) is 48.2 Å². The van der Waals surface area contributed by atoms with Crippen LogP contribution in [0.1, 0.15) is 26.3 Å². The number of hydrogen-bond donors (Lipinski definition) is 1. The number of nitrogens with zero attached hydrogens (tertiary/aromatic N) is 1. The number of alkyl halides is 3. The summed E-state index contributed by atoms with van der Waals surface area (Å²) in [6.07, 6.45) is -3.69. The lowest BCUT2D eigenvalue weighted by molar-refractivity contribution is -0.137. The molecule has 0 unspecified atom stereocenters. The lowest BCUT2D eigenvalue weighted by Crippen LogP contribution is -2.40. The molecule has 24 heavy (non-hydrogen) atoms. The van der Waals surface area contributed by atoms with E-state index < -0.39 is 27.3 Å². The molecule has 0 aliphatic carbocycles. The Labute approximate surface area is 138 Å². The van der Waals surface area contributed by atoms with Crippen LogP contribution in [0.4, 0.5) is 13.2 Å². The predicted molar refractivity (Wildman–Crippen MR) is 84.7 cm³/mol. The second-order valence-electron chi connectivity index (χ2n) is 6.31. The first kappa shape index (κ1) is 18.4. The van der Waals surface area contributed by atoms with E-state index in [0.29, 0.717) is 11.3 Å². The van der Waals surface area contributed by atoms with Crippen LogP contribution < -0.4 is 4.72 Å². The van der Waals surface area contributed by atoms with E-state index in [4.69, 9.17) is 0 Å². The fraction of sp³-hybridized carbons (Fsp3) is 0.312. The lowest BCUT2D eigenvalue weighted by atomic mass is 10.1. The highest BCUT2D eigenvalue weighted by Gasteiger charge is 2.30. The summed E-state index contributed by atoms with van der Waals surface area (Å²) in [5.41, 5.74) is -0.596. The Hall–Kier alpha value is -1.93. The molecule has 1 aromatic carbocycles. The van der Waals surface area contributed by atoms with Crippen LogP contribution in [0.2, 0.25) is 0 Å². The zero-order valence-electron chi connectivity index (χ0n) is 13.3. The number of pyridine rings is 1. The van der Waals surface area contributed by atoms with Gasteiger partial charge in [-0.15, -0.1) is 0 Å². The van der Waals surface area contributed by atoms with E-state index in [1.165, 1.54) is 30.3 Å². The van der Waals surface area contributed by atoms with Gasteiger partial charge in [0, 0.05) is 17.3 Å². The second-order valence-corrected chi connectivity index (χ2v) is 7.99. The fourth-order valence-corrected chi connectivity index (χ4v) is 3.42. The van der Waals surface area contributed by atoms with Crippen molar-refractivity contribution >= 4 is 10.0 Å². The summed E-state index contributed by atoms with van der Waals surface area (Å²) in [7, 11) is -3.66. The van der Waals surface area contributed by atoms with E-state index in [-0.39, 0.29) is 4.90 Å². The topological polar surface area (TPSA) is 59.1 Å². The summed E-state index contributed by atoms with van der Waals surface area (Å²) >= 11 is 0. The number of aromatic nitrogens is 1. The smallest absolute Gasteiger partial charge is 0.256 e. The SMILES string of the molecule is CC(C)(C)NS(=O)(=O)c1ccc(-c2ccc(C(F)(F)F)cn2)cc1. The van der Waals surface area contributed by atoms with Gasteiger partial charge < -0.3 is 0 Å². The maximum absolute atomic E-state index is 12.5. The first-order valence-electron chi connectivity index (χ1n) is 7.06. The summed E-state index contributed by atoms with van der Waals surface area (Å²) < 4.78 is 64.5. The molecule has 130 valence electrons. The van der Waals surface area contributed by atoms with E-state index in [0.717, 1.165) is 12.3 Å². The zero-order chi connectivity index (χ0) is 18.2. The quantitative estimate of drug-likeness (QED) is 0.907. The van der Waals surface area contributed by atoms with Crippen LogP contribution in [-0.2, 0) is 16.2 Å². The van der Waals surface area contributed by atoms with Crippen LogP contribution in [0.5, 0.6) is 0 Å². The van der Waals surface area contributed by atoms with Crippen LogP contribution >= 0.6 is 0 Å². The number of halogens is 3. The minimum Gasteiger partial charge on any atom is -0.256 e. The molecule has 0 fully saturated rings. The van der Waals surface area contributed by atoms with Crippen molar-refractivity contribution in [2.24, 2.45) is 0 Å². The standard InChI is InChI=1S/C16H17F3N2O2S/c1-15(2,3)21-24(22,23)13-7-4-11(5-8-13)14-9-6-12(10-20-14)16(17,18)19/h4-10,21H,1-3H3. The third-order valence-corrected chi connectivity index (χ3v) is 4.77. The Morgan fingerprint density at radius 1 is 0.958 bits per heavy atom. The fourth-order valence-electron chi connectivity index (χ4n) is 2.00. The van der Waals surface area contributed by atoms with Gasteiger partial charge in [0.05, 0.1) is 16.2 Å². The first-order valence-corrected chi connectivity index (χ1v) is 8.54. The van der Waals surface area contributed by atoms with Gasteiger partial charge in [-0.05, 0) is 45.0 Å². The molecule has 0 saturated heterocycles. The monoisotopic (exact) mass is 358 g/mol. The van der Waals surface area contributed by atoms with Crippen molar-refractivity contribution in [2.45, 2.75) is 37.4 Å².